The van der Waals surface area contributed by atoms with Crippen LogP contribution in [0.1, 0.15) is 37.5 Å². The lowest BCUT2D eigenvalue weighted by Gasteiger charge is -2.34. The van der Waals surface area contributed by atoms with E-state index in [1.807, 2.05) is 58.0 Å². The maximum Gasteiger partial charge on any atom is 0.264 e. The second-order valence-electron chi connectivity index (χ2n) is 11.9. The number of hydrogen-bond acceptors (Lipinski definition) is 5. The molecule has 0 aliphatic carbocycles. The van der Waals surface area contributed by atoms with E-state index in [2.05, 4.69) is 5.32 Å². The van der Waals surface area contributed by atoms with Crippen molar-refractivity contribution in [1.82, 2.24) is 10.2 Å². The summed E-state index contributed by atoms with van der Waals surface area (Å²) in [5.41, 5.74) is 2.70. The van der Waals surface area contributed by atoms with Crippen molar-refractivity contribution in [1.29, 1.82) is 0 Å². The Hall–Kier alpha value is -4.05. The molecule has 0 radical (unpaired) electrons. The molecule has 2 amide bonds. The van der Waals surface area contributed by atoms with Gasteiger partial charge in [0.1, 0.15) is 18.3 Å². The van der Waals surface area contributed by atoms with Crippen molar-refractivity contribution in [3.05, 3.63) is 124 Å². The fourth-order valence-electron chi connectivity index (χ4n) is 5.05. The number of halogens is 2. The predicted octanol–water partition coefficient (Wildman–Crippen LogP) is 7.31. The third kappa shape index (κ3) is 9.75. The Morgan fingerprint density at radius 2 is 1.52 bits per heavy atom. The van der Waals surface area contributed by atoms with E-state index in [1.165, 1.54) is 17.0 Å². The molecule has 48 heavy (non-hydrogen) atoms. The molecule has 0 unspecified atom stereocenters. The molecule has 1 atom stereocenters. The van der Waals surface area contributed by atoms with E-state index in [4.69, 9.17) is 27.9 Å². The van der Waals surface area contributed by atoms with Gasteiger partial charge in [0.25, 0.3) is 10.0 Å². The van der Waals surface area contributed by atoms with Gasteiger partial charge in [0, 0.05) is 19.5 Å². The van der Waals surface area contributed by atoms with E-state index in [0.717, 1.165) is 15.4 Å². The Kier molecular flexibility index (Phi) is 12.9. The first-order chi connectivity index (χ1) is 22.9. The van der Waals surface area contributed by atoms with Gasteiger partial charge in [0.15, 0.2) is 0 Å². The zero-order valence-electron chi connectivity index (χ0n) is 27.5. The standard InChI is InChI=1S/C37H41Cl2N3O5S/c1-5-47-31-16-18-32(19-17-31)48(45,46)42(30-14-11-27(4)12-15-30)25-36(43)41(24-29-13-20-33(38)34(39)21-29)35(37(44)40-23-26(2)3)22-28-9-7-6-8-10-28/h6-21,26,35H,5,22-25H2,1-4H3,(H,40,44)/t35-/m1/s1. The Labute approximate surface area is 293 Å². The van der Waals surface area contributed by atoms with Crippen molar-refractivity contribution in [3.63, 3.8) is 0 Å². The zero-order valence-corrected chi connectivity index (χ0v) is 29.9. The summed E-state index contributed by atoms with van der Waals surface area (Å²) in [6, 6.07) is 26.4. The van der Waals surface area contributed by atoms with Crippen LogP contribution in [-0.4, -0.2) is 50.9 Å². The van der Waals surface area contributed by atoms with Gasteiger partial charge in [-0.3, -0.25) is 13.9 Å². The SMILES string of the molecule is CCOc1ccc(S(=O)(=O)N(CC(=O)N(Cc2ccc(Cl)c(Cl)c2)[C@H](Cc2ccccc2)C(=O)NCC(C)C)c2ccc(C)cc2)cc1. The molecule has 1 N–H and O–H groups in total. The second-order valence-corrected chi connectivity index (χ2v) is 14.5. The second kappa shape index (κ2) is 16.9. The van der Waals surface area contributed by atoms with Crippen LogP contribution < -0.4 is 14.4 Å². The van der Waals surface area contributed by atoms with Crippen LogP contribution in [0.15, 0.2) is 102 Å². The molecule has 4 aromatic rings. The lowest BCUT2D eigenvalue weighted by atomic mass is 10.0. The monoisotopic (exact) mass is 709 g/mol. The molecule has 254 valence electrons. The van der Waals surface area contributed by atoms with Crippen molar-refractivity contribution in [2.24, 2.45) is 5.92 Å². The molecular formula is C37H41Cl2N3O5S. The first-order valence-electron chi connectivity index (χ1n) is 15.8. The van der Waals surface area contributed by atoms with E-state index < -0.39 is 28.5 Å². The van der Waals surface area contributed by atoms with Crippen LogP contribution in [0.3, 0.4) is 0 Å². The molecule has 8 nitrogen and oxygen atoms in total. The smallest absolute Gasteiger partial charge is 0.264 e. The minimum Gasteiger partial charge on any atom is -0.494 e. The van der Waals surface area contributed by atoms with Gasteiger partial charge in [-0.05, 0) is 79.4 Å². The first kappa shape index (κ1) is 36.8. The van der Waals surface area contributed by atoms with Crippen LogP contribution in [0.5, 0.6) is 5.75 Å². The largest absolute Gasteiger partial charge is 0.494 e. The lowest BCUT2D eigenvalue weighted by molar-refractivity contribution is -0.140. The van der Waals surface area contributed by atoms with Crippen molar-refractivity contribution in [2.45, 2.75) is 51.6 Å². The Balaban J connectivity index is 1.80. The highest BCUT2D eigenvalue weighted by molar-refractivity contribution is 7.92. The average molecular weight is 711 g/mol. The molecule has 11 heteroatoms. The van der Waals surface area contributed by atoms with Gasteiger partial charge in [-0.25, -0.2) is 8.42 Å². The number of nitrogens with zero attached hydrogens (tertiary/aromatic N) is 2. The molecule has 4 aromatic carbocycles. The van der Waals surface area contributed by atoms with Gasteiger partial charge in [-0.15, -0.1) is 0 Å². The molecule has 0 saturated heterocycles. The van der Waals surface area contributed by atoms with E-state index in [-0.39, 0.29) is 29.7 Å². The zero-order chi connectivity index (χ0) is 34.8. The van der Waals surface area contributed by atoms with E-state index in [1.54, 1.807) is 54.6 Å². The van der Waals surface area contributed by atoms with Crippen LogP contribution in [0, 0.1) is 12.8 Å². The minimum atomic E-state index is -4.25. The van der Waals surface area contributed by atoms with Crippen LogP contribution in [0.25, 0.3) is 0 Å². The van der Waals surface area contributed by atoms with E-state index in [9.17, 15) is 18.0 Å². The number of carbonyl (C=O) groups is 2. The number of aryl methyl sites for hydroxylation is 1. The van der Waals surface area contributed by atoms with Gasteiger partial charge in [0.05, 0.1) is 27.2 Å². The third-order valence-corrected chi connectivity index (χ3v) is 10.1. The number of anilines is 1. The summed E-state index contributed by atoms with van der Waals surface area (Å²) in [6.45, 7) is 7.94. The fraction of sp³-hybridized carbons (Fsp3) is 0.297. The molecule has 0 bridgehead atoms. The number of benzene rings is 4. The molecule has 0 saturated carbocycles. The van der Waals surface area contributed by atoms with E-state index in [0.29, 0.717) is 40.2 Å². The minimum absolute atomic E-state index is 0.00845. The number of rotatable bonds is 15. The highest BCUT2D eigenvalue weighted by atomic mass is 35.5. The third-order valence-electron chi connectivity index (χ3n) is 7.62. The number of nitrogens with one attached hydrogen (secondary N) is 1. The molecular weight excluding hydrogens is 669 g/mol. The first-order valence-corrected chi connectivity index (χ1v) is 18.0. The molecule has 0 heterocycles. The normalized spacial score (nSPS) is 12.0. The quantitative estimate of drug-likeness (QED) is 0.140. The van der Waals surface area contributed by atoms with Crippen LogP contribution in [-0.2, 0) is 32.6 Å². The maximum atomic E-state index is 14.6. The van der Waals surface area contributed by atoms with Crippen molar-refractivity contribution in [3.8, 4) is 5.75 Å². The molecule has 0 aliphatic heterocycles. The van der Waals surface area contributed by atoms with Gasteiger partial charge in [0.2, 0.25) is 11.8 Å². The number of amides is 2. The van der Waals surface area contributed by atoms with Gasteiger partial charge in [-0.1, -0.05) is 91.1 Å². The van der Waals surface area contributed by atoms with Gasteiger partial charge >= 0.3 is 0 Å². The van der Waals surface area contributed by atoms with Gasteiger partial charge in [-0.2, -0.15) is 0 Å². The molecule has 4 rings (SSSR count). The van der Waals surface area contributed by atoms with Crippen LogP contribution >= 0.6 is 23.2 Å². The Morgan fingerprint density at radius 3 is 2.12 bits per heavy atom. The van der Waals surface area contributed by atoms with Crippen molar-refractivity contribution in [2.75, 3.05) is 24.0 Å². The summed E-state index contributed by atoms with van der Waals surface area (Å²) in [5.74, 6) is -0.228. The summed E-state index contributed by atoms with van der Waals surface area (Å²) in [7, 11) is -4.25. The summed E-state index contributed by atoms with van der Waals surface area (Å²) in [5, 5.41) is 3.63. The Bertz CT molecular complexity index is 1780. The predicted molar refractivity (Wildman–Crippen MR) is 192 cm³/mol. The summed E-state index contributed by atoms with van der Waals surface area (Å²) < 4.78 is 35.1. The summed E-state index contributed by atoms with van der Waals surface area (Å²) in [4.78, 5) is 29.9. The van der Waals surface area contributed by atoms with Crippen molar-refractivity contribution >= 4 is 50.7 Å². The van der Waals surface area contributed by atoms with E-state index >= 15 is 0 Å². The molecule has 0 spiro atoms. The van der Waals surface area contributed by atoms with Gasteiger partial charge < -0.3 is 15.0 Å². The summed E-state index contributed by atoms with van der Waals surface area (Å²) >= 11 is 12.6. The fourth-order valence-corrected chi connectivity index (χ4v) is 6.79. The lowest BCUT2D eigenvalue weighted by Crippen LogP contribution is -2.53. The topological polar surface area (TPSA) is 96.0 Å². The number of hydrogen-bond donors (Lipinski definition) is 1. The maximum absolute atomic E-state index is 14.6. The average Bonchev–Trinajstić information content (AvgIpc) is 3.07. The molecule has 0 aliphatic rings. The summed E-state index contributed by atoms with van der Waals surface area (Å²) in [6.07, 6.45) is 0.202. The number of sulfonamides is 1. The highest BCUT2D eigenvalue weighted by Gasteiger charge is 2.34. The highest BCUT2D eigenvalue weighted by Crippen LogP contribution is 2.28. The number of carbonyl (C=O) groups excluding carboxylic acids is 2. The Morgan fingerprint density at radius 1 is 0.854 bits per heavy atom. The van der Waals surface area contributed by atoms with Crippen molar-refractivity contribution < 1.29 is 22.7 Å². The molecule has 0 fully saturated rings. The number of ether oxygens (including phenoxy) is 1. The molecule has 0 aromatic heterocycles. The van der Waals surface area contributed by atoms with Crippen LogP contribution in [0.2, 0.25) is 10.0 Å². The van der Waals surface area contributed by atoms with Crippen LogP contribution in [0.4, 0.5) is 5.69 Å².